The van der Waals surface area contributed by atoms with Crippen molar-refractivity contribution in [3.05, 3.63) is 36.3 Å². The van der Waals surface area contributed by atoms with Crippen LogP contribution >= 0.6 is 0 Å². The maximum atomic E-state index is 11.3. The van der Waals surface area contributed by atoms with Crippen molar-refractivity contribution in [1.82, 2.24) is 15.2 Å². The highest BCUT2D eigenvalue weighted by molar-refractivity contribution is 7.90. The Morgan fingerprint density at radius 3 is 2.45 bits per heavy atom. The van der Waals surface area contributed by atoms with Gasteiger partial charge in [0.1, 0.15) is 6.33 Å². The third-order valence-electron chi connectivity index (χ3n) is 2.40. The van der Waals surface area contributed by atoms with Gasteiger partial charge in [-0.05, 0) is 24.3 Å². The third-order valence-corrected chi connectivity index (χ3v) is 3.53. The number of rotatable bonds is 4. The summed E-state index contributed by atoms with van der Waals surface area (Å²) >= 11 is 0. The molecule has 0 atom stereocenters. The van der Waals surface area contributed by atoms with Crippen molar-refractivity contribution < 1.29 is 13.2 Å². The molecule has 0 unspecified atom stereocenters. The van der Waals surface area contributed by atoms with Crippen LogP contribution in [-0.2, 0) is 9.84 Å². The molecule has 0 radical (unpaired) electrons. The van der Waals surface area contributed by atoms with Crippen molar-refractivity contribution in [3.8, 4) is 0 Å². The van der Waals surface area contributed by atoms with Crippen molar-refractivity contribution in [2.45, 2.75) is 4.90 Å². The molecule has 2 aromatic rings. The number of benzene rings is 1. The number of carbonyl (C=O) groups excluding carboxylic acids is 1. The Labute approximate surface area is 115 Å². The van der Waals surface area contributed by atoms with Crippen molar-refractivity contribution >= 4 is 27.2 Å². The lowest BCUT2D eigenvalue weighted by Crippen LogP contribution is -2.17. The highest BCUT2D eigenvalue weighted by atomic mass is 32.2. The number of primary amides is 1. The van der Waals surface area contributed by atoms with Gasteiger partial charge in [-0.25, -0.2) is 13.4 Å². The maximum absolute atomic E-state index is 11.3. The summed E-state index contributed by atoms with van der Waals surface area (Å²) < 4.78 is 22.7. The summed E-state index contributed by atoms with van der Waals surface area (Å²) in [5, 5.41) is 9.88. The molecule has 0 aliphatic heterocycles. The van der Waals surface area contributed by atoms with E-state index in [-0.39, 0.29) is 16.4 Å². The first-order chi connectivity index (χ1) is 9.38. The van der Waals surface area contributed by atoms with Gasteiger partial charge in [-0.3, -0.25) is 4.79 Å². The van der Waals surface area contributed by atoms with Crippen LogP contribution in [0.5, 0.6) is 0 Å². The van der Waals surface area contributed by atoms with Gasteiger partial charge in [0.05, 0.1) is 4.90 Å². The summed E-state index contributed by atoms with van der Waals surface area (Å²) in [6, 6.07) is 5.97. The normalized spacial score (nSPS) is 11.1. The lowest BCUT2D eigenvalue weighted by atomic mass is 10.3. The fraction of sp³-hybridized carbons (Fsp3) is 0.0909. The topological polar surface area (TPSA) is 128 Å². The fourth-order valence-corrected chi connectivity index (χ4v) is 2.09. The molecular weight excluding hydrogens is 282 g/mol. The molecule has 0 aliphatic rings. The van der Waals surface area contributed by atoms with E-state index in [0.717, 1.165) is 6.26 Å². The SMILES string of the molecule is CS(=O)(=O)c1ccc(Nc2ncnnc2C(N)=O)cc1. The fourth-order valence-electron chi connectivity index (χ4n) is 1.46. The Hall–Kier alpha value is -2.55. The molecule has 0 spiro atoms. The Morgan fingerprint density at radius 1 is 1.25 bits per heavy atom. The second-order valence-electron chi connectivity index (χ2n) is 3.94. The summed E-state index contributed by atoms with van der Waals surface area (Å²) in [7, 11) is -3.25. The van der Waals surface area contributed by atoms with E-state index in [1.807, 2.05) is 0 Å². The minimum absolute atomic E-state index is 0.0975. The van der Waals surface area contributed by atoms with E-state index in [9.17, 15) is 13.2 Å². The number of hydrogen-bond acceptors (Lipinski definition) is 7. The van der Waals surface area contributed by atoms with Gasteiger partial charge >= 0.3 is 0 Å². The Bertz CT molecular complexity index is 743. The zero-order valence-electron chi connectivity index (χ0n) is 10.4. The van der Waals surface area contributed by atoms with E-state index >= 15 is 0 Å². The highest BCUT2D eigenvalue weighted by Crippen LogP contribution is 2.18. The predicted octanol–water partition coefficient (Wildman–Crippen LogP) is 0.118. The first-order valence-corrected chi connectivity index (χ1v) is 7.31. The van der Waals surface area contributed by atoms with Crippen LogP contribution in [0.2, 0.25) is 0 Å². The van der Waals surface area contributed by atoms with Crippen LogP contribution in [0.3, 0.4) is 0 Å². The van der Waals surface area contributed by atoms with Crippen molar-refractivity contribution in [3.63, 3.8) is 0 Å². The molecule has 0 bridgehead atoms. The lowest BCUT2D eigenvalue weighted by molar-refractivity contribution is 0.0995. The number of aromatic nitrogens is 3. The van der Waals surface area contributed by atoms with E-state index in [1.165, 1.54) is 18.5 Å². The number of nitrogens with two attached hydrogens (primary N) is 1. The molecule has 0 fully saturated rings. The summed E-state index contributed by atoms with van der Waals surface area (Å²) in [5.74, 6) is -0.611. The van der Waals surface area contributed by atoms with Crippen LogP contribution in [0.1, 0.15) is 10.5 Å². The number of hydrogen-bond donors (Lipinski definition) is 2. The monoisotopic (exact) mass is 293 g/mol. The van der Waals surface area contributed by atoms with E-state index in [1.54, 1.807) is 12.1 Å². The Kier molecular flexibility index (Phi) is 3.61. The average molecular weight is 293 g/mol. The molecular formula is C11H11N5O3S. The standard InChI is InChI=1S/C11H11N5O3S/c1-20(18,19)8-4-2-7(3-5-8)15-11-9(10(12)17)16-14-6-13-11/h2-6H,1H3,(H2,12,17)(H,13,14,15). The minimum atomic E-state index is -3.25. The largest absolute Gasteiger partial charge is 0.364 e. The number of amides is 1. The Morgan fingerprint density at radius 2 is 1.90 bits per heavy atom. The quantitative estimate of drug-likeness (QED) is 0.819. The van der Waals surface area contributed by atoms with Gasteiger partial charge in [-0.2, -0.15) is 0 Å². The Balaban J connectivity index is 2.30. The zero-order valence-corrected chi connectivity index (χ0v) is 11.3. The van der Waals surface area contributed by atoms with Crippen LogP contribution in [0.15, 0.2) is 35.5 Å². The molecule has 0 saturated carbocycles. The van der Waals surface area contributed by atoms with Crippen LogP contribution in [0, 0.1) is 0 Å². The van der Waals surface area contributed by atoms with Crippen LogP contribution < -0.4 is 11.1 Å². The van der Waals surface area contributed by atoms with Gasteiger partial charge in [-0.15, -0.1) is 10.2 Å². The minimum Gasteiger partial charge on any atom is -0.364 e. The lowest BCUT2D eigenvalue weighted by Gasteiger charge is -2.07. The number of nitrogens with one attached hydrogen (secondary N) is 1. The van der Waals surface area contributed by atoms with E-state index in [2.05, 4.69) is 20.5 Å². The molecule has 2 rings (SSSR count). The van der Waals surface area contributed by atoms with Crippen LogP contribution in [0.4, 0.5) is 11.5 Å². The highest BCUT2D eigenvalue weighted by Gasteiger charge is 2.12. The van der Waals surface area contributed by atoms with Crippen LogP contribution in [-0.4, -0.2) is 35.8 Å². The van der Waals surface area contributed by atoms with Gasteiger partial charge in [-0.1, -0.05) is 0 Å². The smallest absolute Gasteiger partial charge is 0.273 e. The zero-order chi connectivity index (χ0) is 14.8. The second-order valence-corrected chi connectivity index (χ2v) is 5.96. The number of carbonyl (C=O) groups is 1. The molecule has 1 heterocycles. The molecule has 9 heteroatoms. The van der Waals surface area contributed by atoms with Gasteiger partial charge in [0.15, 0.2) is 21.3 Å². The van der Waals surface area contributed by atoms with Gasteiger partial charge in [0, 0.05) is 11.9 Å². The third kappa shape index (κ3) is 3.06. The van der Waals surface area contributed by atoms with E-state index in [0.29, 0.717) is 5.69 Å². The molecule has 0 saturated heterocycles. The summed E-state index contributed by atoms with van der Waals surface area (Å²) in [6.45, 7) is 0. The second kappa shape index (κ2) is 5.21. The van der Waals surface area contributed by atoms with Gasteiger partial charge < -0.3 is 11.1 Å². The predicted molar refractivity (Wildman–Crippen MR) is 71.2 cm³/mol. The average Bonchev–Trinajstić information content (AvgIpc) is 2.38. The number of nitrogens with zero attached hydrogens (tertiary/aromatic N) is 3. The van der Waals surface area contributed by atoms with Crippen molar-refractivity contribution in [1.29, 1.82) is 0 Å². The maximum Gasteiger partial charge on any atom is 0.273 e. The first-order valence-electron chi connectivity index (χ1n) is 5.42. The summed E-state index contributed by atoms with van der Waals surface area (Å²) in [4.78, 5) is 15.2. The van der Waals surface area contributed by atoms with Gasteiger partial charge in [0.25, 0.3) is 5.91 Å². The van der Waals surface area contributed by atoms with E-state index in [4.69, 9.17) is 5.73 Å². The molecule has 20 heavy (non-hydrogen) atoms. The molecule has 8 nitrogen and oxygen atoms in total. The van der Waals surface area contributed by atoms with E-state index < -0.39 is 15.7 Å². The first kappa shape index (κ1) is 13.9. The molecule has 0 aliphatic carbocycles. The summed E-state index contributed by atoms with van der Waals surface area (Å²) in [6.07, 6.45) is 2.29. The van der Waals surface area contributed by atoms with Gasteiger partial charge in [0.2, 0.25) is 0 Å². The molecule has 104 valence electrons. The molecule has 1 aromatic carbocycles. The molecule has 1 amide bonds. The molecule has 1 aromatic heterocycles. The van der Waals surface area contributed by atoms with Crippen LogP contribution in [0.25, 0.3) is 0 Å². The molecule has 3 N–H and O–H groups in total. The number of sulfone groups is 1. The summed E-state index contributed by atoms with van der Waals surface area (Å²) in [5.41, 5.74) is 5.59. The van der Waals surface area contributed by atoms with Crippen molar-refractivity contribution in [2.24, 2.45) is 5.73 Å². The van der Waals surface area contributed by atoms with Crippen molar-refractivity contribution in [2.75, 3.05) is 11.6 Å². The number of anilines is 2.